The van der Waals surface area contributed by atoms with E-state index in [1.807, 2.05) is 27.7 Å². The number of carbonyl (C=O) groups excluding carboxylic acids is 2. The predicted molar refractivity (Wildman–Crippen MR) is 90.5 cm³/mol. The van der Waals surface area contributed by atoms with Gasteiger partial charge in [-0.05, 0) is 32.0 Å². The molecule has 0 saturated carbocycles. The van der Waals surface area contributed by atoms with Gasteiger partial charge < -0.3 is 20.3 Å². The summed E-state index contributed by atoms with van der Waals surface area (Å²) in [5.74, 6) is -0.145. The van der Waals surface area contributed by atoms with Gasteiger partial charge in [0, 0.05) is 23.8 Å². The number of benzene rings is 1. The van der Waals surface area contributed by atoms with Crippen LogP contribution in [0.4, 0.5) is 16.2 Å². The number of amides is 3. The van der Waals surface area contributed by atoms with Gasteiger partial charge in [0.15, 0.2) is 0 Å². The molecule has 0 aromatic heterocycles. The van der Waals surface area contributed by atoms with Gasteiger partial charge in [-0.1, -0.05) is 19.9 Å². The van der Waals surface area contributed by atoms with E-state index in [1.165, 1.54) is 0 Å². The molecule has 3 amide bonds. The quantitative estimate of drug-likeness (QED) is 0.900. The van der Waals surface area contributed by atoms with Crippen LogP contribution in [0.3, 0.4) is 0 Å². The first kappa shape index (κ1) is 17.3. The fourth-order valence-corrected chi connectivity index (χ4v) is 2.38. The third kappa shape index (κ3) is 4.45. The molecule has 0 spiro atoms. The van der Waals surface area contributed by atoms with Gasteiger partial charge in [0.05, 0.1) is 18.8 Å². The molecular formula is C17H25N3O3. The lowest BCUT2D eigenvalue weighted by molar-refractivity contribution is -0.118. The zero-order chi connectivity index (χ0) is 17.0. The number of nitrogens with zero attached hydrogens (tertiary/aromatic N) is 1. The molecule has 2 N–H and O–H groups in total. The largest absolute Gasteiger partial charge is 0.375 e. The predicted octanol–water partition coefficient (Wildman–Crippen LogP) is 2.92. The van der Waals surface area contributed by atoms with Crippen LogP contribution in [0.15, 0.2) is 24.3 Å². The van der Waals surface area contributed by atoms with E-state index in [-0.39, 0.29) is 30.0 Å². The Kier molecular flexibility index (Phi) is 5.60. The summed E-state index contributed by atoms with van der Waals surface area (Å²) < 4.78 is 5.54. The molecule has 1 saturated heterocycles. The van der Waals surface area contributed by atoms with Gasteiger partial charge in [-0.15, -0.1) is 0 Å². The number of morpholine rings is 1. The number of hydrogen-bond acceptors (Lipinski definition) is 3. The highest BCUT2D eigenvalue weighted by Crippen LogP contribution is 2.19. The summed E-state index contributed by atoms with van der Waals surface area (Å²) in [4.78, 5) is 26.0. The van der Waals surface area contributed by atoms with E-state index in [9.17, 15) is 9.59 Å². The highest BCUT2D eigenvalue weighted by Gasteiger charge is 2.29. The molecule has 0 bridgehead atoms. The smallest absolute Gasteiger partial charge is 0.322 e. The lowest BCUT2D eigenvalue weighted by atomic mass is 10.1. The summed E-state index contributed by atoms with van der Waals surface area (Å²) in [6.45, 7) is 8.73. The van der Waals surface area contributed by atoms with Crippen molar-refractivity contribution in [3.63, 3.8) is 0 Å². The average molecular weight is 319 g/mol. The zero-order valence-corrected chi connectivity index (χ0v) is 14.1. The molecule has 2 rings (SSSR count). The molecule has 0 radical (unpaired) electrons. The van der Waals surface area contributed by atoms with E-state index in [2.05, 4.69) is 10.6 Å². The van der Waals surface area contributed by atoms with Crippen LogP contribution in [-0.2, 0) is 9.53 Å². The minimum absolute atomic E-state index is 0.0196. The van der Waals surface area contributed by atoms with Gasteiger partial charge in [-0.3, -0.25) is 4.79 Å². The molecule has 23 heavy (non-hydrogen) atoms. The molecule has 1 aromatic carbocycles. The lowest BCUT2D eigenvalue weighted by Gasteiger charge is -2.37. The van der Waals surface area contributed by atoms with Crippen LogP contribution < -0.4 is 10.6 Å². The van der Waals surface area contributed by atoms with Crippen molar-refractivity contribution in [2.75, 3.05) is 23.8 Å². The Labute approximate surface area is 137 Å². The van der Waals surface area contributed by atoms with Crippen molar-refractivity contribution < 1.29 is 14.3 Å². The second-order valence-corrected chi connectivity index (χ2v) is 6.16. The van der Waals surface area contributed by atoms with E-state index in [1.54, 1.807) is 29.2 Å². The van der Waals surface area contributed by atoms with Crippen molar-refractivity contribution in [2.45, 2.75) is 39.8 Å². The van der Waals surface area contributed by atoms with E-state index in [0.29, 0.717) is 24.5 Å². The Morgan fingerprint density at radius 1 is 1.22 bits per heavy atom. The summed E-state index contributed by atoms with van der Waals surface area (Å²) in [6, 6.07) is 7.03. The molecule has 2 atom stereocenters. The summed E-state index contributed by atoms with van der Waals surface area (Å²) in [6.07, 6.45) is 0.0196. The number of hydrogen-bond donors (Lipinski definition) is 2. The minimum Gasteiger partial charge on any atom is -0.375 e. The minimum atomic E-state index is -0.153. The van der Waals surface area contributed by atoms with Crippen LogP contribution in [0.2, 0.25) is 0 Å². The second kappa shape index (κ2) is 7.46. The SMILES string of the molecule is CC(C)C(=O)Nc1cccc(NC(=O)N2CCOC(C)C2C)c1. The van der Waals surface area contributed by atoms with Crippen LogP contribution in [0, 0.1) is 5.92 Å². The first-order chi connectivity index (χ1) is 10.9. The van der Waals surface area contributed by atoms with Crippen LogP contribution in [0.5, 0.6) is 0 Å². The molecule has 1 aliphatic heterocycles. The Hall–Kier alpha value is -2.08. The van der Waals surface area contributed by atoms with Crippen molar-refractivity contribution in [2.24, 2.45) is 5.92 Å². The topological polar surface area (TPSA) is 70.7 Å². The normalized spacial score (nSPS) is 21.2. The molecule has 6 nitrogen and oxygen atoms in total. The highest BCUT2D eigenvalue weighted by atomic mass is 16.5. The molecule has 6 heteroatoms. The van der Waals surface area contributed by atoms with E-state index in [0.717, 1.165) is 0 Å². The molecule has 126 valence electrons. The fourth-order valence-electron chi connectivity index (χ4n) is 2.38. The maximum atomic E-state index is 12.4. The first-order valence-electron chi connectivity index (χ1n) is 7.98. The Morgan fingerprint density at radius 3 is 2.52 bits per heavy atom. The number of rotatable bonds is 3. The molecule has 0 aliphatic carbocycles. The third-order valence-corrected chi connectivity index (χ3v) is 4.05. The molecule has 1 aromatic rings. The molecule has 2 unspecified atom stereocenters. The number of carbonyl (C=O) groups is 2. The standard InChI is InChI=1S/C17H25N3O3/c1-11(2)16(21)18-14-6-5-7-15(10-14)19-17(22)20-8-9-23-13(4)12(20)3/h5-7,10-13H,8-9H2,1-4H3,(H,18,21)(H,19,22). The number of urea groups is 1. The zero-order valence-electron chi connectivity index (χ0n) is 14.1. The van der Waals surface area contributed by atoms with Gasteiger partial charge in [-0.25, -0.2) is 4.79 Å². The summed E-state index contributed by atoms with van der Waals surface area (Å²) >= 11 is 0. The Bertz CT molecular complexity index is 574. The first-order valence-corrected chi connectivity index (χ1v) is 7.98. The van der Waals surface area contributed by atoms with Gasteiger partial charge in [0.1, 0.15) is 0 Å². The maximum absolute atomic E-state index is 12.4. The second-order valence-electron chi connectivity index (χ2n) is 6.16. The van der Waals surface area contributed by atoms with Gasteiger partial charge in [0.25, 0.3) is 0 Å². The van der Waals surface area contributed by atoms with Crippen LogP contribution in [0.1, 0.15) is 27.7 Å². The van der Waals surface area contributed by atoms with Crippen molar-refractivity contribution in [3.05, 3.63) is 24.3 Å². The van der Waals surface area contributed by atoms with Crippen molar-refractivity contribution in [3.8, 4) is 0 Å². The highest BCUT2D eigenvalue weighted by molar-refractivity contribution is 5.94. The van der Waals surface area contributed by atoms with E-state index < -0.39 is 0 Å². The van der Waals surface area contributed by atoms with Crippen LogP contribution >= 0.6 is 0 Å². The van der Waals surface area contributed by atoms with Crippen LogP contribution in [-0.4, -0.2) is 42.1 Å². The number of nitrogens with one attached hydrogen (secondary N) is 2. The Morgan fingerprint density at radius 2 is 1.87 bits per heavy atom. The molecule has 1 heterocycles. The molecule has 1 fully saturated rings. The van der Waals surface area contributed by atoms with Gasteiger partial charge in [-0.2, -0.15) is 0 Å². The summed E-state index contributed by atoms with van der Waals surface area (Å²) in [5, 5.41) is 5.71. The van der Waals surface area contributed by atoms with E-state index in [4.69, 9.17) is 4.74 Å². The number of ether oxygens (including phenoxy) is 1. The van der Waals surface area contributed by atoms with Crippen molar-refractivity contribution in [1.29, 1.82) is 0 Å². The number of anilines is 2. The fraction of sp³-hybridized carbons (Fsp3) is 0.529. The van der Waals surface area contributed by atoms with Crippen molar-refractivity contribution in [1.82, 2.24) is 4.90 Å². The summed E-state index contributed by atoms with van der Waals surface area (Å²) in [7, 11) is 0. The molecule has 1 aliphatic rings. The third-order valence-electron chi connectivity index (χ3n) is 4.05. The average Bonchev–Trinajstić information content (AvgIpc) is 2.50. The molecular weight excluding hydrogens is 294 g/mol. The van der Waals surface area contributed by atoms with Crippen molar-refractivity contribution >= 4 is 23.3 Å². The monoisotopic (exact) mass is 319 g/mol. The lowest BCUT2D eigenvalue weighted by Crippen LogP contribution is -2.52. The van der Waals surface area contributed by atoms with Crippen LogP contribution in [0.25, 0.3) is 0 Å². The Balaban J connectivity index is 2.02. The summed E-state index contributed by atoms with van der Waals surface area (Å²) in [5.41, 5.74) is 1.33. The van der Waals surface area contributed by atoms with Gasteiger partial charge in [0.2, 0.25) is 5.91 Å². The maximum Gasteiger partial charge on any atom is 0.322 e. The van der Waals surface area contributed by atoms with Gasteiger partial charge >= 0.3 is 6.03 Å². The van der Waals surface area contributed by atoms with E-state index >= 15 is 0 Å².